The highest BCUT2D eigenvalue weighted by Crippen LogP contribution is 2.26. The van der Waals surface area contributed by atoms with Gasteiger partial charge >= 0.3 is 0 Å². The molecular formula is C17H18INO3. The van der Waals surface area contributed by atoms with Crippen LogP contribution in [0.4, 0.5) is 0 Å². The predicted octanol–water partition coefficient (Wildman–Crippen LogP) is 3.42. The minimum absolute atomic E-state index is 0.109. The summed E-state index contributed by atoms with van der Waals surface area (Å²) in [7, 11) is 3.24. The molecule has 0 aliphatic heterocycles. The number of carbonyl (C=O) groups is 1. The first kappa shape index (κ1) is 16.8. The van der Waals surface area contributed by atoms with Crippen molar-refractivity contribution in [3.63, 3.8) is 0 Å². The summed E-state index contributed by atoms with van der Waals surface area (Å²) in [5, 5.41) is 2.92. The molecule has 2 aromatic carbocycles. The number of para-hydroxylation sites is 1. The van der Waals surface area contributed by atoms with Gasteiger partial charge in [0.2, 0.25) is 0 Å². The molecule has 1 N–H and O–H groups in total. The quantitative estimate of drug-likeness (QED) is 0.742. The van der Waals surface area contributed by atoms with Crippen LogP contribution in [0.5, 0.6) is 5.75 Å². The number of hydrogen-bond donors (Lipinski definition) is 1. The summed E-state index contributed by atoms with van der Waals surface area (Å²) in [5.74, 6) is 0.639. The third-order valence-corrected chi connectivity index (χ3v) is 4.28. The molecule has 1 unspecified atom stereocenters. The Morgan fingerprint density at radius 1 is 1.14 bits per heavy atom. The molecule has 0 aliphatic rings. The van der Waals surface area contributed by atoms with Crippen LogP contribution in [-0.2, 0) is 4.74 Å². The largest absolute Gasteiger partial charge is 0.496 e. The second kappa shape index (κ2) is 8.14. The van der Waals surface area contributed by atoms with E-state index < -0.39 is 0 Å². The highest BCUT2D eigenvalue weighted by Gasteiger charge is 2.17. The van der Waals surface area contributed by atoms with Crippen molar-refractivity contribution in [2.75, 3.05) is 20.8 Å². The summed E-state index contributed by atoms with van der Waals surface area (Å²) >= 11 is 2.15. The van der Waals surface area contributed by atoms with Gasteiger partial charge in [0.15, 0.2) is 0 Å². The molecule has 2 aromatic rings. The lowest BCUT2D eigenvalue weighted by Gasteiger charge is -2.19. The van der Waals surface area contributed by atoms with Crippen molar-refractivity contribution < 1.29 is 14.3 Å². The van der Waals surface area contributed by atoms with E-state index in [1.807, 2.05) is 48.5 Å². The number of amides is 1. The van der Waals surface area contributed by atoms with Crippen LogP contribution in [-0.4, -0.2) is 26.7 Å². The van der Waals surface area contributed by atoms with Gasteiger partial charge in [-0.3, -0.25) is 4.79 Å². The lowest BCUT2D eigenvalue weighted by molar-refractivity contribution is 0.0818. The fraction of sp³-hybridized carbons (Fsp3) is 0.235. The molecule has 0 saturated heterocycles. The molecule has 2 rings (SSSR count). The number of rotatable bonds is 6. The Balaban J connectivity index is 2.08. The third kappa shape index (κ3) is 3.98. The third-order valence-electron chi connectivity index (χ3n) is 3.34. The number of nitrogens with one attached hydrogen (secondary N) is 1. The minimum Gasteiger partial charge on any atom is -0.496 e. The number of methoxy groups -OCH3 is 2. The molecule has 22 heavy (non-hydrogen) atoms. The van der Waals surface area contributed by atoms with E-state index in [-0.39, 0.29) is 12.0 Å². The first-order chi connectivity index (χ1) is 10.7. The average molecular weight is 411 g/mol. The van der Waals surface area contributed by atoms with Crippen LogP contribution < -0.4 is 10.1 Å². The van der Waals surface area contributed by atoms with Gasteiger partial charge in [-0.05, 0) is 40.8 Å². The zero-order valence-electron chi connectivity index (χ0n) is 12.5. The fourth-order valence-electron chi connectivity index (χ4n) is 2.18. The van der Waals surface area contributed by atoms with E-state index in [1.165, 1.54) is 0 Å². The fourth-order valence-corrected chi connectivity index (χ4v) is 2.81. The summed E-state index contributed by atoms with van der Waals surface area (Å²) in [6.07, 6.45) is -0.263. The highest BCUT2D eigenvalue weighted by molar-refractivity contribution is 14.1. The number of hydrogen-bond acceptors (Lipinski definition) is 3. The molecular weight excluding hydrogens is 393 g/mol. The van der Waals surface area contributed by atoms with E-state index >= 15 is 0 Å². The average Bonchev–Trinajstić information content (AvgIpc) is 2.56. The Bertz CT molecular complexity index is 645. The van der Waals surface area contributed by atoms with E-state index in [1.54, 1.807) is 14.2 Å². The number of benzene rings is 2. The van der Waals surface area contributed by atoms with E-state index in [2.05, 4.69) is 27.9 Å². The van der Waals surface area contributed by atoms with Crippen molar-refractivity contribution in [3.8, 4) is 5.75 Å². The Hall–Kier alpha value is -1.60. The molecule has 0 aliphatic carbocycles. The molecule has 116 valence electrons. The van der Waals surface area contributed by atoms with Gasteiger partial charge in [-0.15, -0.1) is 0 Å². The van der Waals surface area contributed by atoms with Crippen molar-refractivity contribution >= 4 is 28.5 Å². The molecule has 0 aromatic heterocycles. The summed E-state index contributed by atoms with van der Waals surface area (Å²) in [5.41, 5.74) is 1.58. The van der Waals surface area contributed by atoms with Gasteiger partial charge in [0.25, 0.3) is 5.91 Å². The number of halogens is 1. The number of ether oxygens (including phenoxy) is 2. The van der Waals surface area contributed by atoms with Gasteiger partial charge in [0, 0.05) is 22.8 Å². The molecule has 5 heteroatoms. The van der Waals surface area contributed by atoms with Crippen molar-refractivity contribution in [2.45, 2.75) is 6.10 Å². The standard InChI is InChI=1S/C17H18INO3/c1-21-15-10-6-4-8-13(15)16(22-2)11-19-17(20)12-7-3-5-9-14(12)18/h3-10,16H,11H2,1-2H3,(H,19,20). The van der Waals surface area contributed by atoms with E-state index in [0.29, 0.717) is 12.1 Å². The smallest absolute Gasteiger partial charge is 0.252 e. The van der Waals surface area contributed by atoms with Crippen molar-refractivity contribution in [1.82, 2.24) is 5.32 Å². The van der Waals surface area contributed by atoms with Gasteiger partial charge in [-0.25, -0.2) is 0 Å². The lowest BCUT2D eigenvalue weighted by Crippen LogP contribution is -2.29. The van der Waals surface area contributed by atoms with Crippen LogP contribution in [0.25, 0.3) is 0 Å². The molecule has 4 nitrogen and oxygen atoms in total. The van der Waals surface area contributed by atoms with Crippen LogP contribution in [0.2, 0.25) is 0 Å². The summed E-state index contributed by atoms with van der Waals surface area (Å²) in [6, 6.07) is 15.1. The molecule has 1 amide bonds. The Morgan fingerprint density at radius 2 is 1.82 bits per heavy atom. The molecule has 1 atom stereocenters. The van der Waals surface area contributed by atoms with Crippen molar-refractivity contribution in [1.29, 1.82) is 0 Å². The molecule has 0 radical (unpaired) electrons. The van der Waals surface area contributed by atoms with Crippen molar-refractivity contribution in [2.24, 2.45) is 0 Å². The van der Waals surface area contributed by atoms with Gasteiger partial charge in [-0.2, -0.15) is 0 Å². The second-order valence-corrected chi connectivity index (χ2v) is 5.82. The SMILES string of the molecule is COc1ccccc1C(CNC(=O)c1ccccc1I)OC. The molecule has 0 bridgehead atoms. The minimum atomic E-state index is -0.263. The monoisotopic (exact) mass is 411 g/mol. The summed E-state index contributed by atoms with van der Waals surface area (Å²) in [6.45, 7) is 0.376. The van der Waals surface area contributed by atoms with Crippen LogP contribution in [0.1, 0.15) is 22.0 Å². The molecule has 0 fully saturated rings. The van der Waals surface area contributed by atoms with E-state index in [4.69, 9.17) is 9.47 Å². The maximum absolute atomic E-state index is 12.3. The van der Waals surface area contributed by atoms with Crippen molar-refractivity contribution in [3.05, 3.63) is 63.2 Å². The van der Waals surface area contributed by atoms with Gasteiger partial charge < -0.3 is 14.8 Å². The maximum atomic E-state index is 12.3. The summed E-state index contributed by atoms with van der Waals surface area (Å²) in [4.78, 5) is 12.3. The predicted molar refractivity (Wildman–Crippen MR) is 94.2 cm³/mol. The zero-order chi connectivity index (χ0) is 15.9. The topological polar surface area (TPSA) is 47.6 Å². The van der Waals surface area contributed by atoms with Gasteiger partial charge in [0.05, 0.1) is 12.7 Å². The number of carbonyl (C=O) groups excluding carboxylic acids is 1. The second-order valence-electron chi connectivity index (χ2n) is 4.66. The highest BCUT2D eigenvalue weighted by atomic mass is 127. The van der Waals surface area contributed by atoms with Gasteiger partial charge in [-0.1, -0.05) is 30.3 Å². The Labute approximate surface area is 144 Å². The molecule has 0 saturated carbocycles. The normalized spacial score (nSPS) is 11.8. The van der Waals surface area contributed by atoms with Crippen LogP contribution in [0.3, 0.4) is 0 Å². The zero-order valence-corrected chi connectivity index (χ0v) is 14.7. The van der Waals surface area contributed by atoms with E-state index in [9.17, 15) is 4.79 Å². The Kier molecular flexibility index (Phi) is 6.21. The molecule has 0 heterocycles. The first-order valence-electron chi connectivity index (χ1n) is 6.85. The summed E-state index contributed by atoms with van der Waals surface area (Å²) < 4.78 is 11.8. The molecule has 0 spiro atoms. The van der Waals surface area contributed by atoms with Crippen LogP contribution >= 0.6 is 22.6 Å². The lowest BCUT2D eigenvalue weighted by atomic mass is 10.1. The Morgan fingerprint density at radius 3 is 2.50 bits per heavy atom. The van der Waals surface area contributed by atoms with Gasteiger partial charge in [0.1, 0.15) is 11.9 Å². The maximum Gasteiger partial charge on any atom is 0.252 e. The van der Waals surface area contributed by atoms with Crippen LogP contribution in [0, 0.1) is 3.57 Å². The van der Waals surface area contributed by atoms with E-state index in [0.717, 1.165) is 14.9 Å². The van der Waals surface area contributed by atoms with Crippen LogP contribution in [0.15, 0.2) is 48.5 Å². The first-order valence-corrected chi connectivity index (χ1v) is 7.93.